The van der Waals surface area contributed by atoms with Gasteiger partial charge in [-0.05, 0) is 64.9 Å². The smallest absolute Gasteiger partial charge is 0.224 e. The number of hydrogen-bond acceptors (Lipinski definition) is 4. The topological polar surface area (TPSA) is 53.4 Å². The molecule has 1 unspecified atom stereocenters. The maximum Gasteiger partial charge on any atom is 0.224 e. The van der Waals surface area contributed by atoms with Crippen LogP contribution in [0.4, 0.5) is 0 Å². The molecule has 3 rings (SSSR count). The zero-order valence-corrected chi connectivity index (χ0v) is 14.9. The van der Waals surface area contributed by atoms with Crippen molar-refractivity contribution in [2.24, 2.45) is 5.92 Å². The molecular weight excluding hydrogens is 302 g/mol. The van der Waals surface area contributed by atoms with Gasteiger partial charge >= 0.3 is 0 Å². The van der Waals surface area contributed by atoms with Gasteiger partial charge in [-0.2, -0.15) is 5.10 Å². The predicted molar refractivity (Wildman–Crippen MR) is 94.7 cm³/mol. The highest BCUT2D eigenvalue weighted by molar-refractivity contribution is 5.78. The number of nitrogens with zero attached hydrogens (tertiary/aromatic N) is 4. The molecule has 2 aliphatic heterocycles. The minimum Gasteiger partial charge on any atom is -0.356 e. The van der Waals surface area contributed by atoms with Crippen LogP contribution in [0.25, 0.3) is 0 Å². The largest absolute Gasteiger partial charge is 0.356 e. The Labute approximate surface area is 145 Å². The van der Waals surface area contributed by atoms with E-state index in [-0.39, 0.29) is 11.8 Å². The summed E-state index contributed by atoms with van der Waals surface area (Å²) in [7, 11) is 2.20. The van der Waals surface area contributed by atoms with E-state index in [2.05, 4.69) is 27.3 Å². The van der Waals surface area contributed by atoms with Crippen molar-refractivity contribution in [3.05, 3.63) is 18.5 Å². The van der Waals surface area contributed by atoms with Crippen molar-refractivity contribution in [3.8, 4) is 0 Å². The van der Waals surface area contributed by atoms with Crippen molar-refractivity contribution in [1.82, 2.24) is 24.9 Å². The highest BCUT2D eigenvalue weighted by atomic mass is 16.1. The van der Waals surface area contributed by atoms with E-state index in [9.17, 15) is 4.79 Å². The summed E-state index contributed by atoms with van der Waals surface area (Å²) in [5, 5.41) is 7.31. The van der Waals surface area contributed by atoms with Crippen LogP contribution in [0, 0.1) is 5.92 Å². The van der Waals surface area contributed by atoms with Gasteiger partial charge in [0.25, 0.3) is 0 Å². The highest BCUT2D eigenvalue weighted by Crippen LogP contribution is 2.23. The van der Waals surface area contributed by atoms with Gasteiger partial charge in [0, 0.05) is 38.1 Å². The Bertz CT molecular complexity index is 496. The van der Waals surface area contributed by atoms with Gasteiger partial charge in [0.1, 0.15) is 0 Å². The quantitative estimate of drug-likeness (QED) is 0.795. The molecule has 0 aliphatic carbocycles. The first-order chi connectivity index (χ1) is 11.7. The van der Waals surface area contributed by atoms with E-state index in [1.807, 2.05) is 16.9 Å². The number of hydrogen-bond donors (Lipinski definition) is 1. The van der Waals surface area contributed by atoms with Crippen molar-refractivity contribution in [1.29, 1.82) is 0 Å². The monoisotopic (exact) mass is 333 g/mol. The Balaban J connectivity index is 1.38. The Hall–Kier alpha value is -1.40. The number of aromatic nitrogens is 2. The summed E-state index contributed by atoms with van der Waals surface area (Å²) in [6.07, 6.45) is 9.36. The van der Waals surface area contributed by atoms with E-state index in [0.717, 1.165) is 45.4 Å². The molecule has 1 atom stereocenters. The molecule has 0 saturated carbocycles. The second-order valence-electron chi connectivity index (χ2n) is 7.28. The van der Waals surface area contributed by atoms with Crippen LogP contribution in [-0.2, 0) is 11.3 Å². The average molecular weight is 333 g/mol. The lowest BCUT2D eigenvalue weighted by Crippen LogP contribution is -2.50. The number of aryl methyl sites for hydroxylation is 1. The Morgan fingerprint density at radius 3 is 2.83 bits per heavy atom. The third-order valence-corrected chi connectivity index (χ3v) is 5.45. The Morgan fingerprint density at radius 2 is 2.08 bits per heavy atom. The first-order valence-electron chi connectivity index (χ1n) is 9.40. The first kappa shape index (κ1) is 17.4. The van der Waals surface area contributed by atoms with Crippen LogP contribution in [0.15, 0.2) is 18.5 Å². The maximum absolute atomic E-state index is 12.5. The number of rotatable bonds is 6. The summed E-state index contributed by atoms with van der Waals surface area (Å²) in [5.41, 5.74) is 0. The van der Waals surface area contributed by atoms with Crippen LogP contribution in [-0.4, -0.2) is 71.3 Å². The molecule has 0 spiro atoms. The van der Waals surface area contributed by atoms with Crippen molar-refractivity contribution in [3.63, 3.8) is 0 Å². The van der Waals surface area contributed by atoms with Crippen molar-refractivity contribution in [2.75, 3.05) is 39.8 Å². The van der Waals surface area contributed by atoms with E-state index in [1.165, 1.54) is 25.9 Å². The molecule has 3 heterocycles. The van der Waals surface area contributed by atoms with Crippen LogP contribution in [0.5, 0.6) is 0 Å². The third-order valence-electron chi connectivity index (χ3n) is 5.45. The Kier molecular flexibility index (Phi) is 6.26. The molecule has 134 valence electrons. The van der Waals surface area contributed by atoms with Crippen molar-refractivity contribution >= 4 is 5.91 Å². The number of piperidine rings is 2. The zero-order chi connectivity index (χ0) is 16.8. The molecule has 2 fully saturated rings. The van der Waals surface area contributed by atoms with Crippen LogP contribution in [0.1, 0.15) is 32.1 Å². The molecule has 1 aromatic heterocycles. The summed E-state index contributed by atoms with van der Waals surface area (Å²) in [5.74, 6) is 0.413. The predicted octanol–water partition coefficient (Wildman–Crippen LogP) is 1.20. The van der Waals surface area contributed by atoms with Gasteiger partial charge in [-0.15, -0.1) is 0 Å². The summed E-state index contributed by atoms with van der Waals surface area (Å²) in [6, 6.07) is 2.61. The van der Waals surface area contributed by atoms with Gasteiger partial charge in [-0.3, -0.25) is 14.4 Å². The van der Waals surface area contributed by atoms with Gasteiger partial charge in [-0.25, -0.2) is 0 Å². The molecular formula is C18H31N5O. The lowest BCUT2D eigenvalue weighted by molar-refractivity contribution is -0.127. The summed E-state index contributed by atoms with van der Waals surface area (Å²) in [4.78, 5) is 17.5. The van der Waals surface area contributed by atoms with Crippen LogP contribution in [0.2, 0.25) is 0 Å². The maximum atomic E-state index is 12.5. The van der Waals surface area contributed by atoms with Crippen LogP contribution in [0.3, 0.4) is 0 Å². The second-order valence-corrected chi connectivity index (χ2v) is 7.28. The van der Waals surface area contributed by atoms with Gasteiger partial charge in [0.2, 0.25) is 5.91 Å². The SMILES string of the molecule is CN1CCC(N2CCCC(C(=O)NCCCn3cccn3)C2)CC1. The molecule has 0 radical (unpaired) electrons. The van der Waals surface area contributed by atoms with E-state index in [0.29, 0.717) is 6.04 Å². The van der Waals surface area contributed by atoms with Gasteiger partial charge in [0.15, 0.2) is 0 Å². The molecule has 1 amide bonds. The fraction of sp³-hybridized carbons (Fsp3) is 0.778. The number of carbonyl (C=O) groups is 1. The molecule has 2 aliphatic rings. The minimum absolute atomic E-state index is 0.170. The summed E-state index contributed by atoms with van der Waals surface area (Å²) in [6.45, 7) is 6.08. The zero-order valence-electron chi connectivity index (χ0n) is 14.9. The summed E-state index contributed by atoms with van der Waals surface area (Å²) >= 11 is 0. The lowest BCUT2D eigenvalue weighted by atomic mass is 9.93. The number of carbonyl (C=O) groups excluding carboxylic acids is 1. The average Bonchev–Trinajstić information content (AvgIpc) is 3.13. The van der Waals surface area contributed by atoms with Crippen LogP contribution >= 0.6 is 0 Å². The fourth-order valence-corrected chi connectivity index (χ4v) is 3.94. The van der Waals surface area contributed by atoms with Gasteiger partial charge in [-0.1, -0.05) is 0 Å². The fourth-order valence-electron chi connectivity index (χ4n) is 3.94. The first-order valence-corrected chi connectivity index (χ1v) is 9.40. The van der Waals surface area contributed by atoms with Gasteiger partial charge < -0.3 is 10.2 Å². The molecule has 6 heteroatoms. The standard InChI is InChI=1S/C18H31N5O/c1-21-13-6-17(7-14-21)22-10-2-5-16(15-22)18(24)19-8-3-11-23-12-4-9-20-23/h4,9,12,16-17H,2-3,5-8,10-11,13-15H2,1H3,(H,19,24). The molecule has 0 bridgehead atoms. The second kappa shape index (κ2) is 8.62. The minimum atomic E-state index is 0.170. The third kappa shape index (κ3) is 4.80. The molecule has 24 heavy (non-hydrogen) atoms. The summed E-state index contributed by atoms with van der Waals surface area (Å²) < 4.78 is 1.91. The normalized spacial score (nSPS) is 24.1. The number of nitrogens with one attached hydrogen (secondary N) is 1. The van der Waals surface area contributed by atoms with Crippen molar-refractivity contribution in [2.45, 2.75) is 44.7 Å². The van der Waals surface area contributed by atoms with E-state index in [1.54, 1.807) is 6.20 Å². The van der Waals surface area contributed by atoms with Gasteiger partial charge in [0.05, 0.1) is 5.92 Å². The Morgan fingerprint density at radius 1 is 1.25 bits per heavy atom. The number of likely N-dealkylation sites (tertiary alicyclic amines) is 2. The highest BCUT2D eigenvalue weighted by Gasteiger charge is 2.30. The molecule has 0 aromatic carbocycles. The van der Waals surface area contributed by atoms with E-state index < -0.39 is 0 Å². The molecule has 1 N–H and O–H groups in total. The number of amides is 1. The van der Waals surface area contributed by atoms with E-state index in [4.69, 9.17) is 0 Å². The lowest BCUT2D eigenvalue weighted by Gasteiger charge is -2.41. The van der Waals surface area contributed by atoms with Crippen molar-refractivity contribution < 1.29 is 4.79 Å². The van der Waals surface area contributed by atoms with Crippen LogP contribution < -0.4 is 5.32 Å². The molecule has 6 nitrogen and oxygen atoms in total. The van der Waals surface area contributed by atoms with E-state index >= 15 is 0 Å². The molecule has 1 aromatic rings. The molecule has 2 saturated heterocycles.